The van der Waals surface area contributed by atoms with Gasteiger partial charge in [-0.25, -0.2) is 0 Å². The Hall–Kier alpha value is -2.25. The van der Waals surface area contributed by atoms with Gasteiger partial charge in [-0.2, -0.15) is 0 Å². The molecule has 0 N–H and O–H groups in total. The molecule has 0 spiro atoms. The fraction of sp³-hybridized carbons (Fsp3) is 0.400. The lowest BCUT2D eigenvalue weighted by atomic mass is 9.99. The number of nitrogens with zero attached hydrogens (tertiary/aromatic N) is 1. The number of halogens is 1. The van der Waals surface area contributed by atoms with Gasteiger partial charge in [0.15, 0.2) is 0 Å². The Balaban J connectivity index is 2.45. The zero-order valence-electron chi connectivity index (χ0n) is 21.0. The van der Waals surface area contributed by atoms with E-state index >= 15 is 0 Å². The topological polar surface area (TPSA) is 3.24 Å². The third-order valence-electron chi connectivity index (χ3n) is 6.13. The lowest BCUT2D eigenvalue weighted by molar-refractivity contribution is 0.699. The third kappa shape index (κ3) is 6.62. The standard InChI is InChI=1S/C30H40ClN/c1-8-12-14-27(13-9-2)32(11-4)30-21-29(31)28(20-25(30)10-3)24(7)17-16-23(6)26-18-15-22(5)19-26/h8-9,12-14,16-17,19-22H,10-11,15,18H2,1-7H3/b12-8+,13-9-,23-16+,24-17+,27-14+. The van der Waals surface area contributed by atoms with Crippen molar-refractivity contribution in [3.8, 4) is 0 Å². The quantitative estimate of drug-likeness (QED) is 0.339. The number of aryl methyl sites for hydroxylation is 1. The minimum Gasteiger partial charge on any atom is -0.342 e. The molecular weight excluding hydrogens is 410 g/mol. The first-order valence-corrected chi connectivity index (χ1v) is 12.4. The third-order valence-corrected chi connectivity index (χ3v) is 6.45. The molecule has 32 heavy (non-hydrogen) atoms. The summed E-state index contributed by atoms with van der Waals surface area (Å²) in [6.07, 6.45) is 20.8. The van der Waals surface area contributed by atoms with E-state index in [4.69, 9.17) is 11.6 Å². The molecule has 2 heteroatoms. The van der Waals surface area contributed by atoms with Gasteiger partial charge in [-0.05, 0) is 112 Å². The molecule has 0 radical (unpaired) electrons. The van der Waals surface area contributed by atoms with Crippen molar-refractivity contribution in [1.82, 2.24) is 0 Å². The Morgan fingerprint density at radius 2 is 1.78 bits per heavy atom. The number of allylic oxidation sites excluding steroid dienone is 11. The Morgan fingerprint density at radius 3 is 2.34 bits per heavy atom. The first kappa shape index (κ1) is 26.0. The van der Waals surface area contributed by atoms with Crippen LogP contribution in [0.1, 0.15) is 72.4 Å². The molecule has 0 amide bonds. The van der Waals surface area contributed by atoms with Gasteiger partial charge in [-0.15, -0.1) is 0 Å². The van der Waals surface area contributed by atoms with Gasteiger partial charge in [0.05, 0.1) is 5.02 Å². The minimum absolute atomic E-state index is 0.698. The highest BCUT2D eigenvalue weighted by Crippen LogP contribution is 2.35. The van der Waals surface area contributed by atoms with Gasteiger partial charge >= 0.3 is 0 Å². The van der Waals surface area contributed by atoms with Crippen LogP contribution in [0.2, 0.25) is 5.02 Å². The SMILES string of the molecule is C\C=C/C(=C\C=C\C)N(CC)c1cc(Cl)c(/C(C)=C/C=C(\C)C2=CC(C)CC2)cc1CC. The van der Waals surface area contributed by atoms with E-state index in [1.807, 2.05) is 6.92 Å². The maximum absolute atomic E-state index is 6.85. The Bertz CT molecular complexity index is 969. The molecular formula is C30H40ClN. The van der Waals surface area contributed by atoms with Crippen LogP contribution in [0, 0.1) is 5.92 Å². The average Bonchev–Trinajstić information content (AvgIpc) is 3.22. The summed E-state index contributed by atoms with van der Waals surface area (Å²) in [7, 11) is 0. The highest BCUT2D eigenvalue weighted by Gasteiger charge is 2.16. The minimum atomic E-state index is 0.698. The van der Waals surface area contributed by atoms with Crippen molar-refractivity contribution in [2.75, 3.05) is 11.4 Å². The number of likely N-dealkylation sites (N-methyl/N-ethyl adjacent to an activating group) is 1. The Kier molecular flexibility index (Phi) is 10.3. The van der Waals surface area contributed by atoms with Crippen molar-refractivity contribution >= 4 is 22.9 Å². The van der Waals surface area contributed by atoms with E-state index in [9.17, 15) is 0 Å². The van der Waals surface area contributed by atoms with Crippen LogP contribution < -0.4 is 4.90 Å². The van der Waals surface area contributed by atoms with E-state index in [1.165, 1.54) is 40.8 Å². The summed E-state index contributed by atoms with van der Waals surface area (Å²) < 4.78 is 0. The smallest absolute Gasteiger partial charge is 0.0501 e. The largest absolute Gasteiger partial charge is 0.342 e. The summed E-state index contributed by atoms with van der Waals surface area (Å²) in [5.41, 5.74) is 8.82. The molecule has 172 valence electrons. The van der Waals surface area contributed by atoms with Crippen LogP contribution in [-0.2, 0) is 6.42 Å². The highest BCUT2D eigenvalue weighted by atomic mass is 35.5. The van der Waals surface area contributed by atoms with Gasteiger partial charge in [0.1, 0.15) is 0 Å². The molecule has 0 heterocycles. The molecule has 1 aliphatic rings. The molecule has 0 bridgehead atoms. The van der Waals surface area contributed by atoms with Crippen LogP contribution >= 0.6 is 11.6 Å². The van der Waals surface area contributed by atoms with Crippen molar-refractivity contribution in [3.05, 3.63) is 93.7 Å². The van der Waals surface area contributed by atoms with Crippen LogP contribution in [0.4, 0.5) is 5.69 Å². The van der Waals surface area contributed by atoms with Gasteiger partial charge < -0.3 is 4.90 Å². The lowest BCUT2D eigenvalue weighted by Crippen LogP contribution is -2.22. The normalized spacial score (nSPS) is 18.2. The Labute approximate surface area is 201 Å². The summed E-state index contributed by atoms with van der Waals surface area (Å²) in [4.78, 5) is 2.34. The first-order chi connectivity index (χ1) is 15.4. The molecule has 0 saturated heterocycles. The van der Waals surface area contributed by atoms with Crippen molar-refractivity contribution in [2.45, 2.75) is 67.7 Å². The van der Waals surface area contributed by atoms with Gasteiger partial charge in [0.25, 0.3) is 0 Å². The molecule has 1 atom stereocenters. The highest BCUT2D eigenvalue weighted by molar-refractivity contribution is 6.32. The molecule has 1 unspecified atom stereocenters. The van der Waals surface area contributed by atoms with Gasteiger partial charge in [-0.1, -0.05) is 61.9 Å². The summed E-state index contributed by atoms with van der Waals surface area (Å²) in [5.74, 6) is 0.698. The molecule has 0 saturated carbocycles. The van der Waals surface area contributed by atoms with Crippen molar-refractivity contribution in [3.63, 3.8) is 0 Å². The monoisotopic (exact) mass is 449 g/mol. The van der Waals surface area contributed by atoms with E-state index < -0.39 is 0 Å². The molecule has 2 rings (SSSR count). The second kappa shape index (κ2) is 12.7. The van der Waals surface area contributed by atoms with Crippen LogP contribution in [0.15, 0.2) is 77.6 Å². The van der Waals surface area contributed by atoms with Crippen molar-refractivity contribution < 1.29 is 0 Å². The zero-order valence-corrected chi connectivity index (χ0v) is 21.8. The van der Waals surface area contributed by atoms with Crippen molar-refractivity contribution in [1.29, 1.82) is 0 Å². The fourth-order valence-electron chi connectivity index (χ4n) is 4.21. The first-order valence-electron chi connectivity index (χ1n) is 12.0. The second-order valence-electron chi connectivity index (χ2n) is 8.58. The molecule has 1 aromatic rings. The van der Waals surface area contributed by atoms with Crippen LogP contribution in [0.5, 0.6) is 0 Å². The predicted molar refractivity (Wildman–Crippen MR) is 145 cm³/mol. The van der Waals surface area contributed by atoms with E-state index in [0.717, 1.165) is 29.2 Å². The predicted octanol–water partition coefficient (Wildman–Crippen LogP) is 9.47. The molecule has 1 aromatic carbocycles. The van der Waals surface area contributed by atoms with E-state index in [2.05, 4.69) is 107 Å². The van der Waals surface area contributed by atoms with Crippen LogP contribution in [-0.4, -0.2) is 6.54 Å². The molecule has 0 fully saturated rings. The van der Waals surface area contributed by atoms with Crippen LogP contribution in [0.25, 0.3) is 5.57 Å². The summed E-state index contributed by atoms with van der Waals surface area (Å²) in [5, 5.41) is 0.801. The maximum atomic E-state index is 6.85. The van der Waals surface area contributed by atoms with Gasteiger partial charge in [0.2, 0.25) is 0 Å². The fourth-order valence-corrected chi connectivity index (χ4v) is 4.51. The maximum Gasteiger partial charge on any atom is 0.0501 e. The number of benzene rings is 1. The zero-order chi connectivity index (χ0) is 23.7. The van der Waals surface area contributed by atoms with Crippen molar-refractivity contribution in [2.24, 2.45) is 5.92 Å². The summed E-state index contributed by atoms with van der Waals surface area (Å²) >= 11 is 6.85. The van der Waals surface area contributed by atoms with E-state index in [1.54, 1.807) is 0 Å². The summed E-state index contributed by atoms with van der Waals surface area (Å²) in [6.45, 7) is 16.0. The summed E-state index contributed by atoms with van der Waals surface area (Å²) in [6, 6.07) is 4.41. The van der Waals surface area contributed by atoms with Gasteiger partial charge in [-0.3, -0.25) is 0 Å². The van der Waals surface area contributed by atoms with Gasteiger partial charge in [0, 0.05) is 17.9 Å². The molecule has 0 aromatic heterocycles. The second-order valence-corrected chi connectivity index (χ2v) is 8.99. The number of hydrogen-bond acceptors (Lipinski definition) is 1. The Morgan fingerprint density at radius 1 is 1.06 bits per heavy atom. The van der Waals surface area contributed by atoms with E-state index in [0.29, 0.717) is 5.92 Å². The number of anilines is 1. The molecule has 0 aliphatic heterocycles. The van der Waals surface area contributed by atoms with Crippen LogP contribution in [0.3, 0.4) is 0 Å². The number of rotatable bonds is 9. The number of hydrogen-bond donors (Lipinski definition) is 0. The average molecular weight is 450 g/mol. The molecule has 1 aliphatic carbocycles. The molecule has 1 nitrogen and oxygen atoms in total. The lowest BCUT2D eigenvalue weighted by Gasteiger charge is -2.28. The van der Waals surface area contributed by atoms with E-state index in [-0.39, 0.29) is 0 Å².